The van der Waals surface area contributed by atoms with Gasteiger partial charge < -0.3 is 0 Å². The molecule has 116 valence electrons. The third-order valence-electron chi connectivity index (χ3n) is 2.35. The quantitative estimate of drug-likeness (QED) is 0.441. The molecule has 0 saturated carbocycles. The minimum absolute atomic E-state index is 0.351. The number of hydrogen-bond acceptors (Lipinski definition) is 4. The molecule has 0 heterocycles. The summed E-state index contributed by atoms with van der Waals surface area (Å²) in [6, 6.07) is -2.12. The van der Waals surface area contributed by atoms with Gasteiger partial charge in [-0.2, -0.15) is 26.3 Å². The number of halogens is 6. The van der Waals surface area contributed by atoms with Gasteiger partial charge in [-0.3, -0.25) is 11.3 Å². The van der Waals surface area contributed by atoms with Gasteiger partial charge in [0.25, 0.3) is 0 Å². The molecule has 11 heteroatoms. The standard InChI is InChI=1S/C8H14F6N2O2S/c1-19(17,18)4-2-3-5(16-15)6(7(9,10)11)8(12,13)14/h5-6,16H,2-4,15H2,1H3. The van der Waals surface area contributed by atoms with E-state index in [0.29, 0.717) is 0 Å². The molecule has 0 rings (SSSR count). The maximum Gasteiger partial charge on any atom is 0.402 e. The Bertz CT molecular complexity index is 364. The van der Waals surface area contributed by atoms with E-state index < -0.39 is 46.3 Å². The van der Waals surface area contributed by atoms with Gasteiger partial charge in [0.1, 0.15) is 9.84 Å². The molecule has 0 fully saturated rings. The van der Waals surface area contributed by atoms with Crippen molar-refractivity contribution in [2.24, 2.45) is 11.8 Å². The number of rotatable bonds is 6. The average Bonchev–Trinajstić information content (AvgIpc) is 2.09. The third-order valence-corrected chi connectivity index (χ3v) is 3.38. The molecule has 4 nitrogen and oxygen atoms in total. The zero-order valence-electron chi connectivity index (χ0n) is 9.85. The van der Waals surface area contributed by atoms with Gasteiger partial charge in [0.2, 0.25) is 0 Å². The number of nitrogens with two attached hydrogens (primary N) is 1. The van der Waals surface area contributed by atoms with Crippen molar-refractivity contribution in [3.05, 3.63) is 0 Å². The Hall–Kier alpha value is -0.550. The van der Waals surface area contributed by atoms with Crippen LogP contribution in [0.1, 0.15) is 12.8 Å². The Morgan fingerprint density at radius 3 is 1.79 bits per heavy atom. The van der Waals surface area contributed by atoms with E-state index in [2.05, 4.69) is 0 Å². The summed E-state index contributed by atoms with van der Waals surface area (Å²) in [5, 5.41) is 0. The largest absolute Gasteiger partial charge is 0.402 e. The van der Waals surface area contributed by atoms with Crippen molar-refractivity contribution < 1.29 is 34.8 Å². The average molecular weight is 316 g/mol. The molecule has 0 spiro atoms. The van der Waals surface area contributed by atoms with Crippen LogP contribution >= 0.6 is 0 Å². The molecule has 0 aromatic rings. The first-order valence-electron chi connectivity index (χ1n) is 5.06. The molecule has 0 bridgehead atoms. The van der Waals surface area contributed by atoms with Gasteiger partial charge >= 0.3 is 12.4 Å². The van der Waals surface area contributed by atoms with Crippen molar-refractivity contribution >= 4 is 9.84 Å². The molecule has 1 unspecified atom stereocenters. The van der Waals surface area contributed by atoms with Crippen LogP contribution in [0.5, 0.6) is 0 Å². The Labute approximate surface area is 106 Å². The Morgan fingerprint density at radius 2 is 1.53 bits per heavy atom. The zero-order chi connectivity index (χ0) is 15.5. The summed E-state index contributed by atoms with van der Waals surface area (Å²) < 4.78 is 95.8. The summed E-state index contributed by atoms with van der Waals surface area (Å²) in [7, 11) is -3.46. The fourth-order valence-corrected chi connectivity index (χ4v) is 2.24. The van der Waals surface area contributed by atoms with Crippen LogP contribution in [-0.2, 0) is 9.84 Å². The van der Waals surface area contributed by atoms with Gasteiger partial charge in [0.15, 0.2) is 5.92 Å². The van der Waals surface area contributed by atoms with Gasteiger partial charge in [-0.25, -0.2) is 8.42 Å². The van der Waals surface area contributed by atoms with Crippen molar-refractivity contribution in [2.75, 3.05) is 12.0 Å². The second-order valence-corrected chi connectivity index (χ2v) is 6.37. The molecule has 0 aromatic carbocycles. The van der Waals surface area contributed by atoms with Gasteiger partial charge in [0.05, 0.1) is 0 Å². The van der Waals surface area contributed by atoms with Crippen LogP contribution in [0.2, 0.25) is 0 Å². The number of hydrazine groups is 1. The van der Waals surface area contributed by atoms with E-state index >= 15 is 0 Å². The second kappa shape index (κ2) is 6.27. The number of hydrogen-bond donors (Lipinski definition) is 2. The van der Waals surface area contributed by atoms with E-state index in [4.69, 9.17) is 5.84 Å². The lowest BCUT2D eigenvalue weighted by Gasteiger charge is -2.30. The maximum atomic E-state index is 12.4. The first kappa shape index (κ1) is 18.4. The maximum absolute atomic E-state index is 12.4. The Morgan fingerprint density at radius 1 is 1.11 bits per heavy atom. The van der Waals surface area contributed by atoms with Crippen LogP contribution < -0.4 is 11.3 Å². The molecule has 0 aromatic heterocycles. The molecule has 1 atom stereocenters. The van der Waals surface area contributed by atoms with Crippen LogP contribution in [0, 0.1) is 5.92 Å². The summed E-state index contributed by atoms with van der Waals surface area (Å²) in [5.41, 5.74) is 1.47. The second-order valence-electron chi connectivity index (χ2n) is 4.11. The molecule has 0 aliphatic heterocycles. The smallest absolute Gasteiger partial charge is 0.271 e. The Kier molecular flexibility index (Phi) is 6.09. The number of sulfone groups is 1. The van der Waals surface area contributed by atoms with E-state index in [0.717, 1.165) is 6.26 Å². The minimum atomic E-state index is -5.51. The summed E-state index contributed by atoms with van der Waals surface area (Å²) in [5.74, 6) is 0.576. The lowest BCUT2D eigenvalue weighted by molar-refractivity contribution is -0.292. The van der Waals surface area contributed by atoms with Crippen LogP contribution in [0.3, 0.4) is 0 Å². The van der Waals surface area contributed by atoms with Crippen LogP contribution in [0.4, 0.5) is 26.3 Å². The van der Waals surface area contributed by atoms with Crippen LogP contribution in [0.15, 0.2) is 0 Å². The highest BCUT2D eigenvalue weighted by molar-refractivity contribution is 7.90. The molecule has 0 amide bonds. The molecular formula is C8H14F6N2O2S. The monoisotopic (exact) mass is 316 g/mol. The van der Waals surface area contributed by atoms with Crippen molar-refractivity contribution in [1.82, 2.24) is 5.43 Å². The summed E-state index contributed by atoms with van der Waals surface area (Å²) >= 11 is 0. The minimum Gasteiger partial charge on any atom is -0.271 e. The lowest BCUT2D eigenvalue weighted by atomic mass is 9.95. The predicted octanol–water partition coefficient (Wildman–Crippen LogP) is 1.38. The normalized spacial score (nSPS) is 15.8. The fraction of sp³-hybridized carbons (Fsp3) is 1.00. The molecule has 3 N–H and O–H groups in total. The first-order chi connectivity index (χ1) is 8.29. The highest BCUT2D eigenvalue weighted by Crippen LogP contribution is 2.42. The SMILES string of the molecule is CS(=O)(=O)CCCC(NN)C(C(F)(F)F)C(F)(F)F. The van der Waals surface area contributed by atoms with Crippen LogP contribution in [0.25, 0.3) is 0 Å². The molecular weight excluding hydrogens is 302 g/mol. The third kappa shape index (κ3) is 6.97. The van der Waals surface area contributed by atoms with E-state index in [1.807, 2.05) is 0 Å². The molecule has 0 aliphatic carbocycles. The van der Waals surface area contributed by atoms with E-state index in [1.54, 1.807) is 0 Å². The van der Waals surface area contributed by atoms with Crippen molar-refractivity contribution in [1.29, 1.82) is 0 Å². The highest BCUT2D eigenvalue weighted by Gasteiger charge is 2.59. The van der Waals surface area contributed by atoms with Gasteiger partial charge in [-0.15, -0.1) is 0 Å². The number of nitrogens with one attached hydrogen (secondary N) is 1. The molecule has 0 saturated heterocycles. The summed E-state index contributed by atoms with van der Waals surface area (Å²) in [4.78, 5) is 0. The highest BCUT2D eigenvalue weighted by atomic mass is 32.2. The van der Waals surface area contributed by atoms with Crippen LogP contribution in [-0.4, -0.2) is 38.8 Å². The van der Waals surface area contributed by atoms with Gasteiger partial charge in [-0.1, -0.05) is 0 Å². The van der Waals surface area contributed by atoms with Gasteiger partial charge in [-0.05, 0) is 12.8 Å². The fourth-order valence-electron chi connectivity index (χ4n) is 1.55. The molecule has 19 heavy (non-hydrogen) atoms. The topological polar surface area (TPSA) is 72.2 Å². The molecule has 0 aliphatic rings. The summed E-state index contributed by atoms with van der Waals surface area (Å²) in [6.45, 7) is 0. The van der Waals surface area contributed by atoms with Crippen molar-refractivity contribution in [2.45, 2.75) is 31.2 Å². The lowest BCUT2D eigenvalue weighted by Crippen LogP contribution is -2.53. The van der Waals surface area contributed by atoms with E-state index in [1.165, 1.54) is 5.43 Å². The van der Waals surface area contributed by atoms with E-state index in [9.17, 15) is 34.8 Å². The predicted molar refractivity (Wildman–Crippen MR) is 55.7 cm³/mol. The Balaban J connectivity index is 4.88. The first-order valence-corrected chi connectivity index (χ1v) is 7.12. The number of alkyl halides is 6. The molecule has 0 radical (unpaired) electrons. The van der Waals surface area contributed by atoms with Crippen molar-refractivity contribution in [3.8, 4) is 0 Å². The van der Waals surface area contributed by atoms with Gasteiger partial charge in [0, 0.05) is 18.1 Å². The van der Waals surface area contributed by atoms with E-state index in [-0.39, 0.29) is 6.42 Å². The summed E-state index contributed by atoms with van der Waals surface area (Å²) in [6.07, 6.45) is -11.2. The van der Waals surface area contributed by atoms with Crippen molar-refractivity contribution in [3.63, 3.8) is 0 Å². The zero-order valence-corrected chi connectivity index (χ0v) is 10.7.